The molecule has 0 saturated carbocycles. The Hall–Kier alpha value is -1.30. The number of hydrogen-bond acceptors (Lipinski definition) is 4. The molecule has 0 N–H and O–H groups in total. The van der Waals surface area contributed by atoms with E-state index in [1.165, 1.54) is 5.56 Å². The molecular weight excluding hydrogens is 378 g/mol. The Morgan fingerprint density at radius 2 is 1.78 bits per heavy atom. The molecule has 2 aromatic rings. The van der Waals surface area contributed by atoms with Crippen molar-refractivity contribution in [3.63, 3.8) is 0 Å². The van der Waals surface area contributed by atoms with E-state index in [4.69, 9.17) is 16.3 Å². The maximum absolute atomic E-state index is 5.94. The normalized spacial score (nSPS) is 15.7. The predicted octanol–water partition coefficient (Wildman–Crippen LogP) is 3.83. The van der Waals surface area contributed by atoms with Gasteiger partial charge in [0.25, 0.3) is 0 Å². The van der Waals surface area contributed by atoms with Crippen LogP contribution in [-0.4, -0.2) is 43.2 Å². The van der Waals surface area contributed by atoms with Crippen LogP contribution in [0.5, 0.6) is 5.88 Å². The summed E-state index contributed by atoms with van der Waals surface area (Å²) < 4.78 is 6.16. The Kier molecular flexibility index (Phi) is 5.41. The van der Waals surface area contributed by atoms with Gasteiger partial charge in [0.1, 0.15) is 5.82 Å². The molecule has 0 bridgehead atoms. The molecule has 1 saturated heterocycles. The average molecular weight is 397 g/mol. The third kappa shape index (κ3) is 4.16. The molecule has 2 heterocycles. The van der Waals surface area contributed by atoms with Crippen LogP contribution in [0.25, 0.3) is 0 Å². The zero-order valence-corrected chi connectivity index (χ0v) is 15.3. The summed E-state index contributed by atoms with van der Waals surface area (Å²) in [6, 6.07) is 12.1. The van der Waals surface area contributed by atoms with E-state index in [0.717, 1.165) is 48.0 Å². The SMILES string of the molecule is COc1nc(N2CCN(Cc3ccc(Cl)cc3)CC2)ccc1Br. The number of anilines is 1. The fourth-order valence-electron chi connectivity index (χ4n) is 2.72. The van der Waals surface area contributed by atoms with E-state index in [-0.39, 0.29) is 0 Å². The van der Waals surface area contributed by atoms with Crippen LogP contribution in [0.2, 0.25) is 5.02 Å². The number of halogens is 2. The Morgan fingerprint density at radius 3 is 2.43 bits per heavy atom. The lowest BCUT2D eigenvalue weighted by Crippen LogP contribution is -2.46. The smallest absolute Gasteiger partial charge is 0.229 e. The minimum Gasteiger partial charge on any atom is -0.480 e. The zero-order valence-electron chi connectivity index (χ0n) is 13.0. The lowest BCUT2D eigenvalue weighted by Gasteiger charge is -2.35. The van der Waals surface area contributed by atoms with Gasteiger partial charge in [-0.05, 0) is 45.8 Å². The van der Waals surface area contributed by atoms with Crippen molar-refractivity contribution in [2.24, 2.45) is 0 Å². The van der Waals surface area contributed by atoms with Crippen molar-refractivity contribution >= 4 is 33.3 Å². The van der Waals surface area contributed by atoms with E-state index in [1.54, 1.807) is 7.11 Å². The molecule has 6 heteroatoms. The van der Waals surface area contributed by atoms with Crippen LogP contribution in [0.4, 0.5) is 5.82 Å². The van der Waals surface area contributed by atoms with Gasteiger partial charge in [0, 0.05) is 37.7 Å². The molecule has 3 rings (SSSR count). The molecule has 1 aromatic heterocycles. The summed E-state index contributed by atoms with van der Waals surface area (Å²) in [7, 11) is 1.64. The Morgan fingerprint density at radius 1 is 1.09 bits per heavy atom. The first-order valence-electron chi connectivity index (χ1n) is 7.58. The predicted molar refractivity (Wildman–Crippen MR) is 97.4 cm³/mol. The van der Waals surface area contributed by atoms with Crippen LogP contribution in [0.1, 0.15) is 5.56 Å². The summed E-state index contributed by atoms with van der Waals surface area (Å²) in [5.74, 6) is 1.60. The van der Waals surface area contributed by atoms with Gasteiger partial charge in [0.15, 0.2) is 0 Å². The Balaban J connectivity index is 1.58. The average Bonchev–Trinajstić information content (AvgIpc) is 2.58. The number of aromatic nitrogens is 1. The molecule has 122 valence electrons. The molecule has 4 nitrogen and oxygen atoms in total. The van der Waals surface area contributed by atoms with Crippen LogP contribution in [0, 0.1) is 0 Å². The fraction of sp³-hybridized carbons (Fsp3) is 0.353. The van der Waals surface area contributed by atoms with Crippen molar-refractivity contribution < 1.29 is 4.74 Å². The molecule has 0 atom stereocenters. The number of pyridine rings is 1. The molecule has 0 unspecified atom stereocenters. The maximum atomic E-state index is 5.94. The number of methoxy groups -OCH3 is 1. The minimum absolute atomic E-state index is 0.631. The quantitative estimate of drug-likeness (QED) is 0.785. The summed E-state index contributed by atoms with van der Waals surface area (Å²) >= 11 is 9.38. The number of rotatable bonds is 4. The molecule has 0 spiro atoms. The number of benzene rings is 1. The molecular formula is C17H19BrClN3O. The monoisotopic (exact) mass is 395 g/mol. The first-order chi connectivity index (χ1) is 11.2. The molecule has 0 radical (unpaired) electrons. The largest absolute Gasteiger partial charge is 0.480 e. The van der Waals surface area contributed by atoms with Gasteiger partial charge < -0.3 is 9.64 Å². The van der Waals surface area contributed by atoms with Crippen molar-refractivity contribution in [2.45, 2.75) is 6.54 Å². The highest BCUT2D eigenvalue weighted by molar-refractivity contribution is 9.10. The lowest BCUT2D eigenvalue weighted by molar-refractivity contribution is 0.249. The molecule has 0 aliphatic carbocycles. The number of hydrogen-bond donors (Lipinski definition) is 0. The molecule has 0 amide bonds. The van der Waals surface area contributed by atoms with Crippen LogP contribution in [-0.2, 0) is 6.54 Å². The van der Waals surface area contributed by atoms with E-state index in [2.05, 4.69) is 42.8 Å². The molecule has 1 aromatic carbocycles. The molecule has 1 fully saturated rings. The third-order valence-corrected chi connectivity index (χ3v) is 4.86. The van der Waals surface area contributed by atoms with Crippen molar-refractivity contribution in [1.29, 1.82) is 0 Å². The van der Waals surface area contributed by atoms with E-state index in [0.29, 0.717) is 5.88 Å². The van der Waals surface area contributed by atoms with Crippen molar-refractivity contribution in [3.8, 4) is 5.88 Å². The van der Waals surface area contributed by atoms with Crippen molar-refractivity contribution in [2.75, 3.05) is 38.2 Å². The third-order valence-electron chi connectivity index (χ3n) is 4.01. The Labute approximate surface area is 150 Å². The highest BCUT2D eigenvalue weighted by Crippen LogP contribution is 2.26. The van der Waals surface area contributed by atoms with Gasteiger partial charge in [-0.1, -0.05) is 23.7 Å². The molecule has 1 aliphatic rings. The van der Waals surface area contributed by atoms with Gasteiger partial charge in [-0.15, -0.1) is 0 Å². The van der Waals surface area contributed by atoms with E-state index in [9.17, 15) is 0 Å². The maximum Gasteiger partial charge on any atom is 0.229 e. The fourth-order valence-corrected chi connectivity index (χ4v) is 3.22. The second-order valence-corrected chi connectivity index (χ2v) is 6.84. The summed E-state index contributed by atoms with van der Waals surface area (Å²) in [6.07, 6.45) is 0. The standard InChI is InChI=1S/C17H19BrClN3O/c1-23-17-15(18)6-7-16(20-17)22-10-8-21(9-11-22)12-13-2-4-14(19)5-3-13/h2-7H,8-12H2,1H3. The molecule has 23 heavy (non-hydrogen) atoms. The van der Waals surface area contributed by atoms with Crippen LogP contribution >= 0.6 is 27.5 Å². The van der Waals surface area contributed by atoms with Gasteiger partial charge in [0.2, 0.25) is 5.88 Å². The Bertz CT molecular complexity index is 657. The van der Waals surface area contributed by atoms with Gasteiger partial charge in [-0.25, -0.2) is 0 Å². The van der Waals surface area contributed by atoms with Gasteiger partial charge in [-0.3, -0.25) is 4.90 Å². The van der Waals surface area contributed by atoms with Gasteiger partial charge >= 0.3 is 0 Å². The summed E-state index contributed by atoms with van der Waals surface area (Å²) in [5, 5.41) is 0.786. The number of ether oxygens (including phenoxy) is 1. The topological polar surface area (TPSA) is 28.6 Å². The van der Waals surface area contributed by atoms with Gasteiger partial charge in [-0.2, -0.15) is 4.98 Å². The molecule has 1 aliphatic heterocycles. The first kappa shape index (κ1) is 16.6. The minimum atomic E-state index is 0.631. The first-order valence-corrected chi connectivity index (χ1v) is 8.75. The summed E-state index contributed by atoms with van der Waals surface area (Å²) in [6.45, 7) is 4.92. The highest BCUT2D eigenvalue weighted by atomic mass is 79.9. The van der Waals surface area contributed by atoms with E-state index < -0.39 is 0 Å². The van der Waals surface area contributed by atoms with Crippen LogP contribution in [0.3, 0.4) is 0 Å². The summed E-state index contributed by atoms with van der Waals surface area (Å²) in [4.78, 5) is 9.31. The van der Waals surface area contributed by atoms with Crippen molar-refractivity contribution in [3.05, 3.63) is 51.5 Å². The number of nitrogens with zero attached hydrogens (tertiary/aromatic N) is 3. The van der Waals surface area contributed by atoms with Crippen LogP contribution < -0.4 is 9.64 Å². The van der Waals surface area contributed by atoms with Gasteiger partial charge in [0.05, 0.1) is 11.6 Å². The van der Waals surface area contributed by atoms with Crippen molar-refractivity contribution in [1.82, 2.24) is 9.88 Å². The second-order valence-electron chi connectivity index (χ2n) is 5.55. The zero-order chi connectivity index (χ0) is 16.2. The summed E-state index contributed by atoms with van der Waals surface area (Å²) in [5.41, 5.74) is 1.30. The highest BCUT2D eigenvalue weighted by Gasteiger charge is 2.19. The van der Waals surface area contributed by atoms with E-state index >= 15 is 0 Å². The second kappa shape index (κ2) is 7.51. The van der Waals surface area contributed by atoms with Crippen LogP contribution in [0.15, 0.2) is 40.9 Å². The van der Waals surface area contributed by atoms with E-state index in [1.807, 2.05) is 24.3 Å². The number of piperazine rings is 1. The lowest BCUT2D eigenvalue weighted by atomic mass is 10.2.